The molecule has 1 aromatic heterocycles. The van der Waals surface area contributed by atoms with E-state index in [0.717, 1.165) is 30.5 Å². The van der Waals surface area contributed by atoms with Crippen molar-refractivity contribution in [3.05, 3.63) is 64.5 Å². The minimum absolute atomic E-state index is 0. The molecule has 2 aromatic rings. The maximum absolute atomic E-state index is 12.7. The zero-order valence-corrected chi connectivity index (χ0v) is 13.2. The average Bonchev–Trinajstić information content (AvgIpc) is 2.47. The first kappa shape index (κ1) is 15.7. The van der Waals surface area contributed by atoms with Crippen molar-refractivity contribution in [3.63, 3.8) is 0 Å². The number of halogens is 1. The lowest BCUT2D eigenvalue weighted by Gasteiger charge is -2.24. The van der Waals surface area contributed by atoms with E-state index in [4.69, 9.17) is 0 Å². The van der Waals surface area contributed by atoms with Crippen molar-refractivity contribution in [2.45, 2.75) is 39.0 Å². The third kappa shape index (κ3) is 3.01. The number of hydrogen-bond donors (Lipinski definition) is 0. The molecule has 1 heterocycles. The molecule has 0 bridgehead atoms. The van der Waals surface area contributed by atoms with E-state index in [1.807, 2.05) is 43.5 Å². The van der Waals surface area contributed by atoms with E-state index in [-0.39, 0.29) is 24.1 Å². The first-order chi connectivity index (χ1) is 9.66. The summed E-state index contributed by atoms with van der Waals surface area (Å²) >= 11 is 0. The highest BCUT2D eigenvalue weighted by molar-refractivity contribution is 6.01. The van der Waals surface area contributed by atoms with E-state index >= 15 is 0 Å². The van der Waals surface area contributed by atoms with Crippen LogP contribution in [0.25, 0.3) is 0 Å². The molecule has 0 fully saturated rings. The molecular formula is C18H20ClNO. The van der Waals surface area contributed by atoms with Crippen LogP contribution in [0.4, 0.5) is 0 Å². The Bertz CT molecular complexity index is 649. The van der Waals surface area contributed by atoms with Gasteiger partial charge >= 0.3 is 0 Å². The van der Waals surface area contributed by atoms with Gasteiger partial charge < -0.3 is 0 Å². The second-order valence-corrected chi connectivity index (χ2v) is 5.67. The van der Waals surface area contributed by atoms with E-state index in [1.165, 1.54) is 16.7 Å². The molecular weight excluding hydrogens is 282 g/mol. The van der Waals surface area contributed by atoms with Crippen LogP contribution in [0.2, 0.25) is 0 Å². The first-order valence-corrected chi connectivity index (χ1v) is 7.22. The molecule has 0 saturated heterocycles. The van der Waals surface area contributed by atoms with E-state index in [1.54, 1.807) is 0 Å². The number of carbonyl (C=O) groups excluding carboxylic acids is 1. The molecule has 0 radical (unpaired) electrons. The minimum Gasteiger partial charge on any atom is -0.293 e. The number of rotatable bonds is 2. The van der Waals surface area contributed by atoms with Crippen LogP contribution in [-0.2, 0) is 6.42 Å². The quantitative estimate of drug-likeness (QED) is 0.768. The van der Waals surface area contributed by atoms with E-state index in [0.29, 0.717) is 0 Å². The SMILES string of the molecule is Cc1ccc(C(=O)C2CCCc3c(C)ccnc32)cc1.Cl. The lowest BCUT2D eigenvalue weighted by Crippen LogP contribution is -2.21. The third-order valence-corrected chi connectivity index (χ3v) is 4.23. The maximum Gasteiger partial charge on any atom is 0.171 e. The van der Waals surface area contributed by atoms with Gasteiger partial charge in [0, 0.05) is 11.8 Å². The molecule has 110 valence electrons. The number of nitrogens with zero attached hydrogens (tertiary/aromatic N) is 1. The Kier molecular flexibility index (Phi) is 4.79. The number of fused-ring (bicyclic) bond motifs is 1. The van der Waals surface area contributed by atoms with Gasteiger partial charge in [-0.3, -0.25) is 9.78 Å². The fourth-order valence-corrected chi connectivity index (χ4v) is 3.03. The molecule has 1 aliphatic carbocycles. The number of aromatic nitrogens is 1. The summed E-state index contributed by atoms with van der Waals surface area (Å²) in [6.45, 7) is 4.15. The van der Waals surface area contributed by atoms with Gasteiger partial charge in [-0.25, -0.2) is 0 Å². The first-order valence-electron chi connectivity index (χ1n) is 7.22. The highest BCUT2D eigenvalue weighted by Crippen LogP contribution is 2.34. The van der Waals surface area contributed by atoms with Crippen LogP contribution in [0.5, 0.6) is 0 Å². The topological polar surface area (TPSA) is 30.0 Å². The summed E-state index contributed by atoms with van der Waals surface area (Å²) in [4.78, 5) is 17.2. The molecule has 0 saturated carbocycles. The number of pyridine rings is 1. The highest BCUT2D eigenvalue weighted by Gasteiger charge is 2.29. The van der Waals surface area contributed by atoms with Crippen molar-refractivity contribution >= 4 is 18.2 Å². The second kappa shape index (κ2) is 6.40. The fourth-order valence-electron chi connectivity index (χ4n) is 3.03. The molecule has 21 heavy (non-hydrogen) atoms. The van der Waals surface area contributed by atoms with Gasteiger partial charge in [0.05, 0.1) is 11.6 Å². The Morgan fingerprint density at radius 2 is 1.86 bits per heavy atom. The number of hydrogen-bond acceptors (Lipinski definition) is 2. The van der Waals surface area contributed by atoms with Gasteiger partial charge in [-0.05, 0) is 50.3 Å². The normalized spacial score (nSPS) is 16.8. The van der Waals surface area contributed by atoms with Crippen LogP contribution in [0.15, 0.2) is 36.5 Å². The number of aryl methyl sites for hydroxylation is 2. The monoisotopic (exact) mass is 301 g/mol. The standard InChI is InChI=1S/C18H19NO.ClH/c1-12-6-8-14(9-7-12)18(20)16-5-3-4-15-13(2)10-11-19-17(15)16;/h6-11,16H,3-5H2,1-2H3;1H. The predicted molar refractivity (Wildman–Crippen MR) is 87.4 cm³/mol. The molecule has 0 aliphatic heterocycles. The van der Waals surface area contributed by atoms with Gasteiger partial charge in [0.2, 0.25) is 0 Å². The summed E-state index contributed by atoms with van der Waals surface area (Å²) in [7, 11) is 0. The van der Waals surface area contributed by atoms with Gasteiger partial charge in [0.15, 0.2) is 5.78 Å². The lowest BCUT2D eigenvalue weighted by atomic mass is 9.80. The Balaban J connectivity index is 0.00000161. The number of carbonyl (C=O) groups is 1. The summed E-state index contributed by atoms with van der Waals surface area (Å²) in [5.41, 5.74) is 5.53. The largest absolute Gasteiger partial charge is 0.293 e. The number of Topliss-reactive ketones (excluding diaryl/α,β-unsaturated/α-hetero) is 1. The van der Waals surface area contributed by atoms with Crippen LogP contribution in [0, 0.1) is 13.8 Å². The summed E-state index contributed by atoms with van der Waals surface area (Å²) in [5.74, 6) is 0.144. The molecule has 1 atom stereocenters. The zero-order valence-electron chi connectivity index (χ0n) is 12.4. The zero-order chi connectivity index (χ0) is 14.1. The van der Waals surface area contributed by atoms with Crippen LogP contribution in [-0.4, -0.2) is 10.8 Å². The van der Waals surface area contributed by atoms with Crippen molar-refractivity contribution < 1.29 is 4.79 Å². The van der Waals surface area contributed by atoms with E-state index < -0.39 is 0 Å². The van der Waals surface area contributed by atoms with Crippen molar-refractivity contribution in [3.8, 4) is 0 Å². The fraction of sp³-hybridized carbons (Fsp3) is 0.333. The van der Waals surface area contributed by atoms with Crippen LogP contribution < -0.4 is 0 Å². The Morgan fingerprint density at radius 1 is 1.14 bits per heavy atom. The van der Waals surface area contributed by atoms with Crippen LogP contribution in [0.1, 0.15) is 51.5 Å². The Morgan fingerprint density at radius 3 is 2.57 bits per heavy atom. The average molecular weight is 302 g/mol. The summed E-state index contributed by atoms with van der Waals surface area (Å²) < 4.78 is 0. The molecule has 0 amide bonds. The molecule has 1 unspecified atom stereocenters. The summed E-state index contributed by atoms with van der Waals surface area (Å²) in [6.07, 6.45) is 4.86. The second-order valence-electron chi connectivity index (χ2n) is 5.67. The van der Waals surface area contributed by atoms with Gasteiger partial charge in [-0.1, -0.05) is 29.8 Å². The van der Waals surface area contributed by atoms with Gasteiger partial charge in [-0.15, -0.1) is 12.4 Å². The smallest absolute Gasteiger partial charge is 0.171 e. The lowest BCUT2D eigenvalue weighted by molar-refractivity contribution is 0.0949. The molecule has 3 heteroatoms. The Hall–Kier alpha value is -1.67. The molecule has 1 aliphatic rings. The van der Waals surface area contributed by atoms with E-state index in [2.05, 4.69) is 11.9 Å². The van der Waals surface area contributed by atoms with Crippen LogP contribution >= 0.6 is 12.4 Å². The van der Waals surface area contributed by atoms with Gasteiger partial charge in [0.25, 0.3) is 0 Å². The molecule has 3 rings (SSSR count). The summed E-state index contributed by atoms with van der Waals surface area (Å²) in [5, 5.41) is 0. The molecule has 0 spiro atoms. The van der Waals surface area contributed by atoms with Gasteiger partial charge in [0.1, 0.15) is 0 Å². The van der Waals surface area contributed by atoms with Crippen molar-refractivity contribution in [2.24, 2.45) is 0 Å². The van der Waals surface area contributed by atoms with E-state index in [9.17, 15) is 4.79 Å². The number of benzene rings is 1. The molecule has 2 nitrogen and oxygen atoms in total. The van der Waals surface area contributed by atoms with Crippen molar-refractivity contribution in [1.29, 1.82) is 0 Å². The van der Waals surface area contributed by atoms with Crippen molar-refractivity contribution in [2.75, 3.05) is 0 Å². The number of ketones is 1. The minimum atomic E-state index is -0.0682. The molecule has 1 aromatic carbocycles. The highest BCUT2D eigenvalue weighted by atomic mass is 35.5. The predicted octanol–water partition coefficient (Wildman–Crippen LogP) is 4.42. The Labute approximate surface area is 132 Å². The van der Waals surface area contributed by atoms with Gasteiger partial charge in [-0.2, -0.15) is 0 Å². The van der Waals surface area contributed by atoms with Crippen molar-refractivity contribution in [1.82, 2.24) is 4.98 Å². The summed E-state index contributed by atoms with van der Waals surface area (Å²) in [6, 6.07) is 9.91. The third-order valence-electron chi connectivity index (χ3n) is 4.23. The molecule has 0 N–H and O–H groups in total. The van der Waals surface area contributed by atoms with Crippen LogP contribution in [0.3, 0.4) is 0 Å². The maximum atomic E-state index is 12.7.